The molecular formula is C9H12N2O. The van der Waals surface area contributed by atoms with Gasteiger partial charge in [-0.1, -0.05) is 6.42 Å². The second-order valence-corrected chi connectivity index (χ2v) is 3.39. The molecular weight excluding hydrogens is 152 g/mol. The molecule has 0 N–H and O–H groups in total. The Hall–Kier alpha value is -1.12. The van der Waals surface area contributed by atoms with E-state index in [0.717, 1.165) is 18.7 Å². The minimum absolute atomic E-state index is 0.696. The monoisotopic (exact) mass is 164 g/mol. The van der Waals surface area contributed by atoms with Crippen LogP contribution in [0.3, 0.4) is 0 Å². The molecule has 1 saturated carbocycles. The molecule has 1 heterocycles. The minimum Gasteiger partial charge on any atom is -0.328 e. The Kier molecular flexibility index (Phi) is 1.94. The van der Waals surface area contributed by atoms with E-state index in [1.807, 2.05) is 4.57 Å². The van der Waals surface area contributed by atoms with Crippen LogP contribution in [0.25, 0.3) is 0 Å². The van der Waals surface area contributed by atoms with Gasteiger partial charge in [-0.25, -0.2) is 4.98 Å². The number of aldehydes is 1. The predicted molar refractivity (Wildman–Crippen MR) is 45.0 cm³/mol. The number of nitrogens with zero attached hydrogens (tertiary/aromatic N) is 2. The number of imidazole rings is 1. The molecule has 1 aromatic rings. The molecule has 0 saturated heterocycles. The molecule has 0 atom stereocenters. The van der Waals surface area contributed by atoms with Crippen molar-refractivity contribution in [2.75, 3.05) is 0 Å². The largest absolute Gasteiger partial charge is 0.328 e. The van der Waals surface area contributed by atoms with Crippen LogP contribution in [0.15, 0.2) is 12.5 Å². The summed E-state index contributed by atoms with van der Waals surface area (Å²) in [6, 6.07) is 0. The van der Waals surface area contributed by atoms with E-state index in [0.29, 0.717) is 5.69 Å². The van der Waals surface area contributed by atoms with Gasteiger partial charge in [-0.3, -0.25) is 4.79 Å². The van der Waals surface area contributed by atoms with Crippen molar-refractivity contribution >= 4 is 6.29 Å². The van der Waals surface area contributed by atoms with E-state index in [2.05, 4.69) is 4.98 Å². The summed E-state index contributed by atoms with van der Waals surface area (Å²) in [6.45, 7) is 0.966. The maximum Gasteiger partial charge on any atom is 0.168 e. The first-order chi connectivity index (χ1) is 5.90. The fourth-order valence-corrected chi connectivity index (χ4v) is 1.54. The van der Waals surface area contributed by atoms with E-state index in [-0.39, 0.29) is 0 Å². The molecule has 1 aliphatic rings. The Morgan fingerprint density at radius 3 is 3.08 bits per heavy atom. The normalized spacial score (nSPS) is 17.3. The van der Waals surface area contributed by atoms with Crippen LogP contribution in [0.5, 0.6) is 0 Å². The molecule has 3 nitrogen and oxygen atoms in total. The number of aromatic nitrogens is 2. The highest BCUT2D eigenvalue weighted by Gasteiger charge is 2.18. The summed E-state index contributed by atoms with van der Waals surface area (Å²) in [6.07, 6.45) is 8.17. The smallest absolute Gasteiger partial charge is 0.168 e. The van der Waals surface area contributed by atoms with Gasteiger partial charge in [-0.15, -0.1) is 0 Å². The average Bonchev–Trinajstić information content (AvgIpc) is 2.43. The zero-order chi connectivity index (χ0) is 8.39. The van der Waals surface area contributed by atoms with E-state index in [4.69, 9.17) is 0 Å². The van der Waals surface area contributed by atoms with Crippen molar-refractivity contribution < 1.29 is 4.79 Å². The lowest BCUT2D eigenvalue weighted by atomic mass is 9.85. The first-order valence-corrected chi connectivity index (χ1v) is 4.35. The minimum atomic E-state index is 0.696. The first kappa shape index (κ1) is 7.53. The van der Waals surface area contributed by atoms with Gasteiger partial charge in [0, 0.05) is 6.54 Å². The van der Waals surface area contributed by atoms with E-state index >= 15 is 0 Å². The van der Waals surface area contributed by atoms with Crippen LogP contribution in [0, 0.1) is 5.92 Å². The second-order valence-electron chi connectivity index (χ2n) is 3.39. The van der Waals surface area contributed by atoms with Gasteiger partial charge in [0.25, 0.3) is 0 Å². The Balaban J connectivity index is 2.05. The lowest BCUT2D eigenvalue weighted by molar-refractivity contribution is 0.111. The van der Waals surface area contributed by atoms with Crippen molar-refractivity contribution in [3.05, 3.63) is 18.2 Å². The molecule has 12 heavy (non-hydrogen) atoms. The summed E-state index contributed by atoms with van der Waals surface area (Å²) in [5, 5.41) is 0. The van der Waals surface area contributed by atoms with Crippen LogP contribution in [0.4, 0.5) is 0 Å². The highest BCUT2D eigenvalue weighted by atomic mass is 16.1. The summed E-state index contributed by atoms with van der Waals surface area (Å²) in [7, 11) is 0. The third kappa shape index (κ3) is 1.26. The van der Waals surface area contributed by atoms with Crippen molar-refractivity contribution in [2.45, 2.75) is 25.8 Å². The third-order valence-electron chi connectivity index (χ3n) is 2.54. The SMILES string of the molecule is O=Cc1cncn1CC1CCC1. The molecule has 0 aliphatic heterocycles. The molecule has 1 aromatic heterocycles. The summed E-state index contributed by atoms with van der Waals surface area (Å²) in [5.41, 5.74) is 0.696. The molecule has 0 radical (unpaired) electrons. The highest BCUT2D eigenvalue weighted by molar-refractivity contribution is 5.71. The molecule has 3 heteroatoms. The second kappa shape index (κ2) is 3.09. The van der Waals surface area contributed by atoms with Crippen LogP contribution in [0.1, 0.15) is 29.8 Å². The van der Waals surface area contributed by atoms with Gasteiger partial charge in [0.15, 0.2) is 6.29 Å². The average molecular weight is 164 g/mol. The van der Waals surface area contributed by atoms with E-state index < -0.39 is 0 Å². The maximum absolute atomic E-state index is 10.5. The van der Waals surface area contributed by atoms with Gasteiger partial charge in [0.2, 0.25) is 0 Å². The number of hydrogen-bond donors (Lipinski definition) is 0. The Morgan fingerprint density at radius 2 is 2.50 bits per heavy atom. The van der Waals surface area contributed by atoms with Crippen molar-refractivity contribution in [3.8, 4) is 0 Å². The summed E-state index contributed by atoms with van der Waals surface area (Å²) >= 11 is 0. The van der Waals surface area contributed by atoms with Crippen molar-refractivity contribution in [1.29, 1.82) is 0 Å². The van der Waals surface area contributed by atoms with Crippen LogP contribution >= 0.6 is 0 Å². The number of hydrogen-bond acceptors (Lipinski definition) is 2. The van der Waals surface area contributed by atoms with Crippen molar-refractivity contribution in [1.82, 2.24) is 9.55 Å². The van der Waals surface area contributed by atoms with Crippen LogP contribution in [-0.4, -0.2) is 15.8 Å². The summed E-state index contributed by atoms with van der Waals surface area (Å²) in [4.78, 5) is 14.5. The number of carbonyl (C=O) groups is 1. The highest BCUT2D eigenvalue weighted by Crippen LogP contribution is 2.27. The molecule has 0 amide bonds. The van der Waals surface area contributed by atoms with E-state index in [1.54, 1.807) is 12.5 Å². The van der Waals surface area contributed by atoms with Crippen molar-refractivity contribution in [3.63, 3.8) is 0 Å². The van der Waals surface area contributed by atoms with Gasteiger partial charge in [0.05, 0.1) is 12.5 Å². The molecule has 1 fully saturated rings. The summed E-state index contributed by atoms with van der Waals surface area (Å²) in [5.74, 6) is 0.776. The Labute approximate surface area is 71.4 Å². The quantitative estimate of drug-likeness (QED) is 0.634. The zero-order valence-electron chi connectivity index (χ0n) is 6.94. The number of carbonyl (C=O) groups excluding carboxylic acids is 1. The lowest BCUT2D eigenvalue weighted by Crippen LogP contribution is -2.18. The standard InChI is InChI=1S/C9H12N2O/c12-6-9-4-10-7-11(9)5-8-2-1-3-8/h4,6-8H,1-3,5H2. The van der Waals surface area contributed by atoms with Crippen LogP contribution in [0.2, 0.25) is 0 Å². The molecule has 1 aliphatic carbocycles. The summed E-state index contributed by atoms with van der Waals surface area (Å²) < 4.78 is 1.94. The Morgan fingerprint density at radius 1 is 1.67 bits per heavy atom. The molecule has 0 aromatic carbocycles. The topological polar surface area (TPSA) is 34.9 Å². The fourth-order valence-electron chi connectivity index (χ4n) is 1.54. The van der Waals surface area contributed by atoms with Gasteiger partial charge in [0.1, 0.15) is 5.69 Å². The fraction of sp³-hybridized carbons (Fsp3) is 0.556. The Bertz CT molecular complexity index is 276. The molecule has 2 rings (SSSR count). The van der Waals surface area contributed by atoms with Crippen LogP contribution in [-0.2, 0) is 6.54 Å². The van der Waals surface area contributed by atoms with E-state index in [1.165, 1.54) is 19.3 Å². The number of rotatable bonds is 3. The molecule has 0 bridgehead atoms. The van der Waals surface area contributed by atoms with Gasteiger partial charge in [-0.2, -0.15) is 0 Å². The van der Waals surface area contributed by atoms with Gasteiger partial charge in [-0.05, 0) is 18.8 Å². The first-order valence-electron chi connectivity index (χ1n) is 4.35. The predicted octanol–water partition coefficient (Wildman–Crippen LogP) is 1.50. The maximum atomic E-state index is 10.5. The molecule has 0 spiro atoms. The third-order valence-corrected chi connectivity index (χ3v) is 2.54. The molecule has 0 unspecified atom stereocenters. The van der Waals surface area contributed by atoms with Gasteiger partial charge >= 0.3 is 0 Å². The van der Waals surface area contributed by atoms with Gasteiger partial charge < -0.3 is 4.57 Å². The van der Waals surface area contributed by atoms with Crippen molar-refractivity contribution in [2.24, 2.45) is 5.92 Å². The van der Waals surface area contributed by atoms with E-state index in [9.17, 15) is 4.79 Å². The lowest BCUT2D eigenvalue weighted by Gasteiger charge is -2.25. The molecule has 64 valence electrons. The van der Waals surface area contributed by atoms with Crippen LogP contribution < -0.4 is 0 Å². The zero-order valence-corrected chi connectivity index (χ0v) is 6.94.